The number of benzene rings is 2. The summed E-state index contributed by atoms with van der Waals surface area (Å²) in [6, 6.07) is 14.7. The zero-order chi connectivity index (χ0) is 26.7. The number of carbonyl (C=O) groups is 2. The summed E-state index contributed by atoms with van der Waals surface area (Å²) in [6.07, 6.45) is 1.19. The van der Waals surface area contributed by atoms with Gasteiger partial charge in [-0.2, -0.15) is 0 Å². The van der Waals surface area contributed by atoms with Gasteiger partial charge >= 0.3 is 0 Å². The Morgan fingerprint density at radius 2 is 1.86 bits per heavy atom. The molecule has 0 spiro atoms. The third-order valence-corrected chi connectivity index (χ3v) is 6.80. The molecule has 37 heavy (non-hydrogen) atoms. The van der Waals surface area contributed by atoms with Crippen molar-refractivity contribution in [2.45, 2.75) is 32.9 Å². The number of aryl methyl sites for hydroxylation is 1. The third kappa shape index (κ3) is 5.80. The van der Waals surface area contributed by atoms with Crippen molar-refractivity contribution in [3.63, 3.8) is 0 Å². The monoisotopic (exact) mass is 505 g/mol. The fourth-order valence-corrected chi connectivity index (χ4v) is 4.39. The van der Waals surface area contributed by atoms with E-state index in [4.69, 9.17) is 4.74 Å². The number of fused-ring (bicyclic) bond motifs is 1. The number of pyridine rings is 1. The molecule has 1 aliphatic rings. The largest absolute Gasteiger partial charge is 0.472 e. The fraction of sp³-hybridized carbons (Fsp3) is 0.345. The van der Waals surface area contributed by atoms with Gasteiger partial charge < -0.3 is 19.6 Å². The topological polar surface area (TPSA) is 83.0 Å². The summed E-state index contributed by atoms with van der Waals surface area (Å²) in [5.74, 6) is -0.925. The summed E-state index contributed by atoms with van der Waals surface area (Å²) in [6.45, 7) is 6.12. The van der Waals surface area contributed by atoms with Gasteiger partial charge in [0.15, 0.2) is 0 Å². The molecule has 7 nitrogen and oxygen atoms in total. The summed E-state index contributed by atoms with van der Waals surface area (Å²) in [4.78, 5) is 34.3. The number of hydrogen-bond acceptors (Lipinski definition) is 5. The molecule has 2 amide bonds. The Morgan fingerprint density at radius 3 is 2.51 bits per heavy atom. The Balaban J connectivity index is 1.67. The highest BCUT2D eigenvalue weighted by Gasteiger charge is 2.35. The number of halogens is 1. The van der Waals surface area contributed by atoms with E-state index < -0.39 is 18.0 Å². The SMILES string of the molecule is Cc1ccc(-c2cnc3c(c2)C(=O)N([C@@H](C)CO)C[C@H](C)[C@H](CN(C)C(=O)c2ccc(F)cc2)O3)cc1. The number of nitrogens with zero attached hydrogens (tertiary/aromatic N) is 3. The number of aromatic nitrogens is 1. The van der Waals surface area contributed by atoms with Gasteiger partial charge in [-0.15, -0.1) is 0 Å². The molecule has 0 aliphatic carbocycles. The van der Waals surface area contributed by atoms with Crippen LogP contribution in [0.25, 0.3) is 11.1 Å². The predicted octanol–water partition coefficient (Wildman–Crippen LogP) is 4.19. The van der Waals surface area contributed by atoms with Crippen molar-refractivity contribution < 1.29 is 23.8 Å². The lowest BCUT2D eigenvalue weighted by atomic mass is 9.98. The second kappa shape index (κ2) is 11.1. The van der Waals surface area contributed by atoms with Gasteiger partial charge in [-0.3, -0.25) is 9.59 Å². The normalized spacial score (nSPS) is 18.3. The van der Waals surface area contributed by atoms with Crippen LogP contribution < -0.4 is 4.74 Å². The van der Waals surface area contributed by atoms with Gasteiger partial charge in [0, 0.05) is 36.8 Å². The van der Waals surface area contributed by atoms with Gasteiger partial charge in [-0.1, -0.05) is 36.8 Å². The molecule has 0 bridgehead atoms. The zero-order valence-corrected chi connectivity index (χ0v) is 21.5. The predicted molar refractivity (Wildman–Crippen MR) is 139 cm³/mol. The summed E-state index contributed by atoms with van der Waals surface area (Å²) in [5, 5.41) is 9.87. The number of carbonyl (C=O) groups excluding carboxylic acids is 2. The molecule has 1 N–H and O–H groups in total. The maximum Gasteiger partial charge on any atom is 0.259 e. The molecule has 0 saturated carbocycles. The minimum absolute atomic E-state index is 0.173. The number of hydrogen-bond donors (Lipinski definition) is 1. The Labute approximate surface area is 216 Å². The lowest BCUT2D eigenvalue weighted by molar-refractivity contribution is 0.0313. The highest BCUT2D eigenvalue weighted by atomic mass is 19.1. The molecule has 0 saturated heterocycles. The van der Waals surface area contributed by atoms with Crippen LogP contribution in [0.5, 0.6) is 5.88 Å². The average Bonchev–Trinajstić information content (AvgIpc) is 2.90. The zero-order valence-electron chi connectivity index (χ0n) is 21.5. The molecular weight excluding hydrogens is 473 g/mol. The first-order valence-electron chi connectivity index (χ1n) is 12.3. The van der Waals surface area contributed by atoms with Crippen molar-refractivity contribution in [1.82, 2.24) is 14.8 Å². The number of amides is 2. The van der Waals surface area contributed by atoms with Crippen molar-refractivity contribution in [1.29, 1.82) is 0 Å². The molecule has 0 fully saturated rings. The molecule has 3 atom stereocenters. The van der Waals surface area contributed by atoms with E-state index in [1.54, 1.807) is 31.1 Å². The van der Waals surface area contributed by atoms with Gasteiger partial charge in [-0.05, 0) is 49.7 Å². The molecule has 3 aromatic rings. The molecule has 2 aromatic carbocycles. The first kappa shape index (κ1) is 26.3. The van der Waals surface area contributed by atoms with Gasteiger partial charge in [0.05, 0.1) is 19.2 Å². The lowest BCUT2D eigenvalue weighted by Crippen LogP contribution is -2.50. The molecule has 0 unspecified atom stereocenters. The van der Waals surface area contributed by atoms with Crippen molar-refractivity contribution >= 4 is 11.8 Å². The van der Waals surface area contributed by atoms with E-state index in [0.29, 0.717) is 17.7 Å². The first-order valence-corrected chi connectivity index (χ1v) is 12.3. The van der Waals surface area contributed by atoms with Gasteiger partial charge in [0.2, 0.25) is 5.88 Å². The Bertz CT molecular complexity index is 1260. The Morgan fingerprint density at radius 1 is 1.19 bits per heavy atom. The smallest absolute Gasteiger partial charge is 0.259 e. The van der Waals surface area contributed by atoms with E-state index in [9.17, 15) is 19.1 Å². The van der Waals surface area contributed by atoms with Crippen LogP contribution in [0.1, 0.15) is 40.1 Å². The highest BCUT2D eigenvalue weighted by molar-refractivity contribution is 5.98. The summed E-state index contributed by atoms with van der Waals surface area (Å²) in [7, 11) is 1.66. The van der Waals surface area contributed by atoms with E-state index in [2.05, 4.69) is 4.98 Å². The molecule has 1 aromatic heterocycles. The molecule has 1 aliphatic heterocycles. The quantitative estimate of drug-likeness (QED) is 0.543. The maximum atomic E-state index is 13.6. The van der Waals surface area contributed by atoms with Crippen LogP contribution in [-0.4, -0.2) is 70.6 Å². The minimum atomic E-state index is -0.479. The van der Waals surface area contributed by atoms with E-state index in [-0.39, 0.29) is 36.8 Å². The van der Waals surface area contributed by atoms with Crippen molar-refractivity contribution in [2.24, 2.45) is 5.92 Å². The van der Waals surface area contributed by atoms with Gasteiger partial charge in [-0.25, -0.2) is 9.37 Å². The summed E-state index contributed by atoms with van der Waals surface area (Å²) >= 11 is 0. The van der Waals surface area contributed by atoms with Crippen molar-refractivity contribution in [3.05, 3.63) is 83.3 Å². The second-order valence-electron chi connectivity index (χ2n) is 9.76. The van der Waals surface area contributed by atoms with Gasteiger partial charge in [0.1, 0.15) is 17.5 Å². The van der Waals surface area contributed by atoms with Gasteiger partial charge in [0.25, 0.3) is 11.8 Å². The van der Waals surface area contributed by atoms with E-state index >= 15 is 0 Å². The number of rotatable bonds is 6. The number of likely N-dealkylation sites (N-methyl/N-ethyl adjacent to an activating group) is 1. The second-order valence-corrected chi connectivity index (χ2v) is 9.76. The minimum Gasteiger partial charge on any atom is -0.472 e. The van der Waals surface area contributed by atoms with Crippen LogP contribution in [0.2, 0.25) is 0 Å². The lowest BCUT2D eigenvalue weighted by Gasteiger charge is -2.37. The summed E-state index contributed by atoms with van der Waals surface area (Å²) < 4.78 is 19.6. The fourth-order valence-electron chi connectivity index (χ4n) is 4.39. The molecule has 2 heterocycles. The molecule has 0 radical (unpaired) electrons. The van der Waals surface area contributed by atoms with Crippen LogP contribution in [0.3, 0.4) is 0 Å². The van der Waals surface area contributed by atoms with Crippen LogP contribution in [-0.2, 0) is 0 Å². The van der Waals surface area contributed by atoms with E-state index in [1.165, 1.54) is 29.2 Å². The van der Waals surface area contributed by atoms with E-state index in [0.717, 1.165) is 16.7 Å². The van der Waals surface area contributed by atoms with Crippen LogP contribution >= 0.6 is 0 Å². The third-order valence-electron chi connectivity index (χ3n) is 6.80. The van der Waals surface area contributed by atoms with E-state index in [1.807, 2.05) is 38.1 Å². The van der Waals surface area contributed by atoms with Crippen molar-refractivity contribution in [2.75, 3.05) is 26.7 Å². The molecule has 8 heteroatoms. The Hall–Kier alpha value is -3.78. The van der Waals surface area contributed by atoms with Crippen LogP contribution in [0.4, 0.5) is 4.39 Å². The number of aliphatic hydroxyl groups is 1. The molecular formula is C29H32FN3O4. The van der Waals surface area contributed by atoms with Crippen LogP contribution in [0.15, 0.2) is 60.8 Å². The molecule has 194 valence electrons. The van der Waals surface area contributed by atoms with Crippen LogP contribution in [0, 0.1) is 18.7 Å². The number of aliphatic hydroxyl groups excluding tert-OH is 1. The average molecular weight is 506 g/mol. The number of ether oxygens (including phenoxy) is 1. The standard InChI is InChI=1S/C29H32FN3O4/c1-18-5-7-21(8-6-18)23-13-25-27(31-14-23)37-26(19(2)15-33(29(25)36)20(3)17-34)16-32(4)28(35)22-9-11-24(30)12-10-22/h5-14,19-20,26,34H,15-17H2,1-4H3/t19-,20-,26-/m0/s1. The Kier molecular flexibility index (Phi) is 7.88. The first-order chi connectivity index (χ1) is 17.7. The van der Waals surface area contributed by atoms with Crippen molar-refractivity contribution in [3.8, 4) is 17.0 Å². The maximum absolute atomic E-state index is 13.6. The highest BCUT2D eigenvalue weighted by Crippen LogP contribution is 2.30. The molecule has 4 rings (SSSR count). The summed E-state index contributed by atoms with van der Waals surface area (Å²) in [5.41, 5.74) is 3.51.